The van der Waals surface area contributed by atoms with Crippen LogP contribution in [0.5, 0.6) is 0 Å². The van der Waals surface area contributed by atoms with Crippen LogP contribution in [-0.4, -0.2) is 23.3 Å². The van der Waals surface area contributed by atoms with Gasteiger partial charge in [-0.2, -0.15) is 0 Å². The summed E-state index contributed by atoms with van der Waals surface area (Å²) in [6.45, 7) is 0. The van der Waals surface area contributed by atoms with Gasteiger partial charge in [0.2, 0.25) is 0 Å². The van der Waals surface area contributed by atoms with Crippen LogP contribution in [0.25, 0.3) is 0 Å². The fraction of sp³-hybridized carbons (Fsp3) is 0.417. The standard InChI is InChI=1S/C12H14O3/c13-10-7-11(8-10)15-12(14)6-9-4-2-1-3-5-9/h1-5,10-11,13H,6-8H2. The molecule has 0 unspecified atom stereocenters. The molecular formula is C12H14O3. The lowest BCUT2D eigenvalue weighted by Crippen LogP contribution is -2.37. The Hall–Kier alpha value is -1.35. The van der Waals surface area contributed by atoms with Gasteiger partial charge in [0.05, 0.1) is 12.5 Å². The summed E-state index contributed by atoms with van der Waals surface area (Å²) in [6, 6.07) is 9.51. The molecule has 0 atom stereocenters. The minimum atomic E-state index is -0.278. The van der Waals surface area contributed by atoms with Gasteiger partial charge in [0.1, 0.15) is 6.10 Å². The number of carbonyl (C=O) groups excluding carboxylic acids is 1. The van der Waals surface area contributed by atoms with E-state index in [2.05, 4.69) is 0 Å². The highest BCUT2D eigenvalue weighted by Crippen LogP contribution is 2.23. The van der Waals surface area contributed by atoms with Gasteiger partial charge in [0.15, 0.2) is 0 Å². The van der Waals surface area contributed by atoms with Gasteiger partial charge < -0.3 is 9.84 Å². The van der Waals surface area contributed by atoms with Crippen LogP contribution < -0.4 is 0 Å². The number of aliphatic hydroxyl groups excluding tert-OH is 1. The number of ether oxygens (including phenoxy) is 1. The summed E-state index contributed by atoms with van der Waals surface area (Å²) in [5, 5.41) is 9.03. The maximum atomic E-state index is 11.4. The van der Waals surface area contributed by atoms with Crippen LogP contribution in [0.3, 0.4) is 0 Å². The Labute approximate surface area is 88.7 Å². The molecule has 1 fully saturated rings. The van der Waals surface area contributed by atoms with Crippen molar-refractivity contribution in [3.8, 4) is 0 Å². The Morgan fingerprint density at radius 3 is 2.60 bits per heavy atom. The maximum Gasteiger partial charge on any atom is 0.310 e. The highest BCUT2D eigenvalue weighted by atomic mass is 16.5. The molecule has 0 aliphatic heterocycles. The van der Waals surface area contributed by atoms with Crippen molar-refractivity contribution in [2.75, 3.05) is 0 Å². The molecule has 0 spiro atoms. The molecule has 1 aliphatic carbocycles. The van der Waals surface area contributed by atoms with Crippen LogP contribution in [0.4, 0.5) is 0 Å². The molecule has 1 aliphatic rings. The summed E-state index contributed by atoms with van der Waals surface area (Å²) in [6.07, 6.45) is 1.13. The lowest BCUT2D eigenvalue weighted by atomic mass is 9.92. The van der Waals surface area contributed by atoms with Crippen molar-refractivity contribution in [3.05, 3.63) is 35.9 Å². The average molecular weight is 206 g/mol. The van der Waals surface area contributed by atoms with E-state index in [1.807, 2.05) is 30.3 Å². The minimum absolute atomic E-state index is 0.0730. The highest BCUT2D eigenvalue weighted by molar-refractivity contribution is 5.72. The quantitative estimate of drug-likeness (QED) is 0.758. The second-order valence-corrected chi connectivity index (χ2v) is 3.90. The fourth-order valence-electron chi connectivity index (χ4n) is 1.62. The summed E-state index contributed by atoms with van der Waals surface area (Å²) >= 11 is 0. The molecule has 0 saturated heterocycles. The summed E-state index contributed by atoms with van der Waals surface area (Å²) in [7, 11) is 0. The van der Waals surface area contributed by atoms with Crippen LogP contribution in [-0.2, 0) is 16.0 Å². The lowest BCUT2D eigenvalue weighted by molar-refractivity contribution is -0.157. The van der Waals surface area contributed by atoms with Gasteiger partial charge in [-0.3, -0.25) is 4.79 Å². The SMILES string of the molecule is O=C(Cc1ccccc1)OC1CC(O)C1. The molecule has 3 heteroatoms. The molecular weight excluding hydrogens is 192 g/mol. The lowest BCUT2D eigenvalue weighted by Gasteiger charge is -2.30. The molecule has 0 amide bonds. The van der Waals surface area contributed by atoms with Gasteiger partial charge in [-0.25, -0.2) is 0 Å². The van der Waals surface area contributed by atoms with Crippen molar-refractivity contribution in [1.82, 2.24) is 0 Å². The first kappa shape index (κ1) is 10.2. The second-order valence-electron chi connectivity index (χ2n) is 3.90. The molecule has 3 nitrogen and oxygen atoms in total. The van der Waals surface area contributed by atoms with E-state index in [1.54, 1.807) is 0 Å². The van der Waals surface area contributed by atoms with Gasteiger partial charge in [0.25, 0.3) is 0 Å². The number of hydrogen-bond donors (Lipinski definition) is 1. The monoisotopic (exact) mass is 206 g/mol. The number of carbonyl (C=O) groups is 1. The number of rotatable bonds is 3. The molecule has 80 valence electrons. The first-order chi connectivity index (χ1) is 7.24. The van der Waals surface area contributed by atoms with Crippen LogP contribution in [0.2, 0.25) is 0 Å². The average Bonchev–Trinajstić information content (AvgIpc) is 2.17. The molecule has 0 radical (unpaired) electrons. The Bertz CT molecular complexity index is 328. The summed E-state index contributed by atoms with van der Waals surface area (Å²) < 4.78 is 5.16. The van der Waals surface area contributed by atoms with Crippen LogP contribution in [0.1, 0.15) is 18.4 Å². The van der Waals surface area contributed by atoms with Gasteiger partial charge in [-0.1, -0.05) is 30.3 Å². The molecule has 1 saturated carbocycles. The van der Waals surface area contributed by atoms with Crippen molar-refractivity contribution in [3.63, 3.8) is 0 Å². The van der Waals surface area contributed by atoms with E-state index >= 15 is 0 Å². The highest BCUT2D eigenvalue weighted by Gasteiger charge is 2.30. The molecule has 2 rings (SSSR count). The molecule has 1 aromatic rings. The van der Waals surface area contributed by atoms with Crippen molar-refractivity contribution >= 4 is 5.97 Å². The molecule has 15 heavy (non-hydrogen) atoms. The van der Waals surface area contributed by atoms with Crippen LogP contribution in [0, 0.1) is 0 Å². The van der Waals surface area contributed by atoms with E-state index in [1.165, 1.54) is 0 Å². The number of aliphatic hydroxyl groups is 1. The minimum Gasteiger partial charge on any atom is -0.462 e. The van der Waals surface area contributed by atoms with Gasteiger partial charge in [0, 0.05) is 12.8 Å². The van der Waals surface area contributed by atoms with E-state index in [4.69, 9.17) is 9.84 Å². The fourth-order valence-corrected chi connectivity index (χ4v) is 1.62. The predicted octanol–water partition coefficient (Wildman–Crippen LogP) is 1.30. The number of hydrogen-bond acceptors (Lipinski definition) is 3. The van der Waals surface area contributed by atoms with Crippen molar-refractivity contribution < 1.29 is 14.6 Å². The third-order valence-corrected chi connectivity index (χ3v) is 2.56. The second kappa shape index (κ2) is 4.45. The van der Waals surface area contributed by atoms with Crippen LogP contribution >= 0.6 is 0 Å². The van der Waals surface area contributed by atoms with E-state index in [0.29, 0.717) is 19.3 Å². The van der Waals surface area contributed by atoms with E-state index in [-0.39, 0.29) is 18.2 Å². The zero-order valence-corrected chi connectivity index (χ0v) is 8.43. The smallest absolute Gasteiger partial charge is 0.310 e. The Morgan fingerprint density at radius 1 is 1.33 bits per heavy atom. The molecule has 0 bridgehead atoms. The third kappa shape index (κ3) is 2.80. The van der Waals surface area contributed by atoms with E-state index in [0.717, 1.165) is 5.56 Å². The maximum absolute atomic E-state index is 11.4. The van der Waals surface area contributed by atoms with Gasteiger partial charge >= 0.3 is 5.97 Å². The summed E-state index contributed by atoms with van der Waals surface area (Å²) in [4.78, 5) is 11.4. The molecule has 1 aromatic carbocycles. The number of benzene rings is 1. The van der Waals surface area contributed by atoms with Crippen molar-refractivity contribution in [2.45, 2.75) is 31.5 Å². The normalized spacial score (nSPS) is 24.3. The third-order valence-electron chi connectivity index (χ3n) is 2.56. The summed E-state index contributed by atoms with van der Waals surface area (Å²) in [5.41, 5.74) is 0.961. The van der Waals surface area contributed by atoms with Crippen molar-refractivity contribution in [2.24, 2.45) is 0 Å². The Morgan fingerprint density at radius 2 is 2.00 bits per heavy atom. The first-order valence-electron chi connectivity index (χ1n) is 5.15. The molecule has 0 aromatic heterocycles. The van der Waals surface area contributed by atoms with Crippen molar-refractivity contribution in [1.29, 1.82) is 0 Å². The summed E-state index contributed by atoms with van der Waals surface area (Å²) in [5.74, 6) is -0.210. The van der Waals surface area contributed by atoms with Gasteiger partial charge in [-0.05, 0) is 5.56 Å². The molecule has 1 N–H and O–H groups in total. The molecule has 0 heterocycles. The largest absolute Gasteiger partial charge is 0.462 e. The zero-order chi connectivity index (χ0) is 10.7. The first-order valence-corrected chi connectivity index (χ1v) is 5.15. The van der Waals surface area contributed by atoms with E-state index in [9.17, 15) is 4.79 Å². The van der Waals surface area contributed by atoms with Gasteiger partial charge in [-0.15, -0.1) is 0 Å². The van der Waals surface area contributed by atoms with E-state index < -0.39 is 0 Å². The topological polar surface area (TPSA) is 46.5 Å². The predicted molar refractivity (Wildman–Crippen MR) is 55.3 cm³/mol. The van der Waals surface area contributed by atoms with Crippen LogP contribution in [0.15, 0.2) is 30.3 Å². The number of esters is 1. The zero-order valence-electron chi connectivity index (χ0n) is 8.43. The Balaban J connectivity index is 1.78. The Kier molecular flexibility index (Phi) is 3.02.